The molecule has 2 aliphatic rings. The monoisotopic (exact) mass is 513 g/mol. The normalized spacial score (nSPS) is 17.1. The van der Waals surface area contributed by atoms with E-state index in [1.54, 1.807) is 35.8 Å². The van der Waals surface area contributed by atoms with E-state index in [0.717, 1.165) is 5.56 Å². The van der Waals surface area contributed by atoms with Gasteiger partial charge in [-0.2, -0.15) is 5.10 Å². The number of aromatic nitrogens is 2. The van der Waals surface area contributed by atoms with Crippen LogP contribution in [0.1, 0.15) is 59.7 Å². The molecule has 2 aromatic rings. The highest BCUT2D eigenvalue weighted by molar-refractivity contribution is 5.99. The fraction of sp³-hybridized carbons (Fsp3) is 0.500. The zero-order valence-electron chi connectivity index (χ0n) is 21.1. The van der Waals surface area contributed by atoms with E-state index < -0.39 is 11.9 Å². The van der Waals surface area contributed by atoms with E-state index in [0.29, 0.717) is 64.3 Å². The average Bonchev–Trinajstić information content (AvgIpc) is 3.27. The summed E-state index contributed by atoms with van der Waals surface area (Å²) < 4.78 is 19.8. The number of carbonyl (C=O) groups is 4. The van der Waals surface area contributed by atoms with Gasteiger partial charge in [0.05, 0.1) is 12.5 Å². The van der Waals surface area contributed by atoms with Crippen molar-refractivity contribution in [3.8, 4) is 0 Å². The van der Waals surface area contributed by atoms with Gasteiger partial charge in [0.25, 0.3) is 11.8 Å². The van der Waals surface area contributed by atoms with E-state index in [2.05, 4.69) is 10.4 Å². The van der Waals surface area contributed by atoms with E-state index in [1.165, 1.54) is 22.9 Å². The van der Waals surface area contributed by atoms with Gasteiger partial charge in [-0.1, -0.05) is 12.1 Å². The van der Waals surface area contributed by atoms with Crippen LogP contribution in [-0.4, -0.2) is 75.6 Å². The van der Waals surface area contributed by atoms with Crippen molar-refractivity contribution in [2.45, 2.75) is 52.2 Å². The molecule has 37 heavy (non-hydrogen) atoms. The third-order valence-electron chi connectivity index (χ3n) is 6.75. The molecule has 10 nitrogen and oxygen atoms in total. The third kappa shape index (κ3) is 6.15. The first-order chi connectivity index (χ1) is 17.8. The van der Waals surface area contributed by atoms with Crippen molar-refractivity contribution in [3.63, 3.8) is 0 Å². The summed E-state index contributed by atoms with van der Waals surface area (Å²) in [6.07, 6.45) is 1.70. The maximum absolute atomic E-state index is 13.2. The second-order valence-electron chi connectivity index (χ2n) is 9.39. The number of esters is 1. The van der Waals surface area contributed by atoms with Gasteiger partial charge in [-0.25, -0.2) is 4.39 Å². The molecule has 1 unspecified atom stereocenters. The minimum Gasteiger partial charge on any atom is -0.466 e. The van der Waals surface area contributed by atoms with Crippen molar-refractivity contribution in [2.24, 2.45) is 5.92 Å². The highest BCUT2D eigenvalue weighted by Gasteiger charge is 2.32. The molecule has 11 heteroatoms. The maximum atomic E-state index is 13.2. The third-order valence-corrected chi connectivity index (χ3v) is 6.75. The Kier molecular flexibility index (Phi) is 8.20. The summed E-state index contributed by atoms with van der Waals surface area (Å²) in [5.74, 6) is -1.83. The second-order valence-corrected chi connectivity index (χ2v) is 9.39. The summed E-state index contributed by atoms with van der Waals surface area (Å²) in [7, 11) is 0. The first-order valence-corrected chi connectivity index (χ1v) is 12.6. The minimum atomic E-state index is -0.793. The Hall–Kier alpha value is -3.76. The Morgan fingerprint density at radius 3 is 2.51 bits per heavy atom. The Morgan fingerprint density at radius 1 is 1.14 bits per heavy atom. The van der Waals surface area contributed by atoms with Gasteiger partial charge in [0.15, 0.2) is 5.69 Å². The number of carbonyl (C=O) groups excluding carboxylic acids is 4. The molecule has 1 fully saturated rings. The number of nitrogens with one attached hydrogen (secondary N) is 1. The van der Waals surface area contributed by atoms with Gasteiger partial charge >= 0.3 is 5.97 Å². The summed E-state index contributed by atoms with van der Waals surface area (Å²) in [6.45, 7) is 5.84. The molecule has 3 amide bonds. The summed E-state index contributed by atoms with van der Waals surface area (Å²) in [6, 6.07) is 6.65. The molecule has 2 aliphatic heterocycles. The number of piperidine rings is 1. The highest BCUT2D eigenvalue weighted by Crippen LogP contribution is 2.20. The van der Waals surface area contributed by atoms with Crippen LogP contribution in [0.15, 0.2) is 30.3 Å². The van der Waals surface area contributed by atoms with Crippen molar-refractivity contribution in [1.29, 1.82) is 0 Å². The molecule has 1 aromatic carbocycles. The van der Waals surface area contributed by atoms with E-state index in [9.17, 15) is 23.6 Å². The molecule has 0 radical (unpaired) electrons. The molecule has 1 N–H and O–H groups in total. The molecule has 0 spiro atoms. The van der Waals surface area contributed by atoms with Crippen molar-refractivity contribution in [2.75, 3.05) is 26.2 Å². The summed E-state index contributed by atoms with van der Waals surface area (Å²) in [5.41, 5.74) is 1.16. The van der Waals surface area contributed by atoms with Crippen molar-refractivity contribution in [3.05, 3.63) is 53.1 Å². The number of halogens is 1. The number of amides is 3. The predicted octanol–water partition coefficient (Wildman–Crippen LogP) is 1.99. The molecule has 0 saturated carbocycles. The zero-order valence-corrected chi connectivity index (χ0v) is 21.1. The summed E-state index contributed by atoms with van der Waals surface area (Å²) in [5, 5.41) is 7.00. The number of hydrogen-bond acceptors (Lipinski definition) is 6. The lowest BCUT2D eigenvalue weighted by molar-refractivity contribution is -0.151. The van der Waals surface area contributed by atoms with Gasteiger partial charge < -0.3 is 19.9 Å². The molecule has 4 rings (SSSR count). The second kappa shape index (κ2) is 11.5. The number of ether oxygens (including phenoxy) is 1. The van der Waals surface area contributed by atoms with Gasteiger partial charge in [0.2, 0.25) is 5.91 Å². The molecule has 0 aliphatic carbocycles. The number of benzene rings is 1. The lowest BCUT2D eigenvalue weighted by Crippen LogP contribution is -2.50. The van der Waals surface area contributed by atoms with Crippen molar-refractivity contribution in [1.82, 2.24) is 24.9 Å². The average molecular weight is 514 g/mol. The molecule has 1 saturated heterocycles. The van der Waals surface area contributed by atoms with Crippen LogP contribution in [0.3, 0.4) is 0 Å². The van der Waals surface area contributed by atoms with Gasteiger partial charge in [-0.15, -0.1) is 0 Å². The zero-order chi connectivity index (χ0) is 26.5. The Morgan fingerprint density at radius 2 is 1.84 bits per heavy atom. The molecule has 3 heterocycles. The number of hydrogen-bond donors (Lipinski definition) is 1. The van der Waals surface area contributed by atoms with Crippen LogP contribution in [-0.2, 0) is 27.4 Å². The molecule has 1 atom stereocenters. The standard InChI is InChI=1S/C26H32FN5O5/c1-3-37-26(36)19-9-13-30(14-10-19)24(34)17(2)28-23(33)21-15-22-25(35)31(11-4-12-32(22)29-21)16-18-5-7-20(27)8-6-18/h5-8,15,17,19H,3-4,9-14,16H2,1-2H3,(H,28,33). The lowest BCUT2D eigenvalue weighted by Gasteiger charge is -2.32. The summed E-state index contributed by atoms with van der Waals surface area (Å²) in [4.78, 5) is 54.2. The number of aryl methyl sites for hydroxylation is 1. The number of fused-ring (bicyclic) bond motifs is 1. The van der Waals surface area contributed by atoms with Gasteiger partial charge in [0, 0.05) is 38.8 Å². The van der Waals surface area contributed by atoms with Crippen LogP contribution in [0.5, 0.6) is 0 Å². The predicted molar refractivity (Wildman–Crippen MR) is 131 cm³/mol. The Bertz CT molecular complexity index is 1160. The topological polar surface area (TPSA) is 114 Å². The number of rotatable bonds is 7. The van der Waals surface area contributed by atoms with Crippen molar-refractivity contribution >= 4 is 23.7 Å². The smallest absolute Gasteiger partial charge is 0.309 e. The van der Waals surface area contributed by atoms with E-state index in [1.807, 2.05) is 0 Å². The SMILES string of the molecule is CCOC(=O)C1CCN(C(=O)C(C)NC(=O)c2cc3n(n2)CCCN(Cc2ccc(F)cc2)C3=O)CC1. The van der Waals surface area contributed by atoms with E-state index in [-0.39, 0.29) is 35.2 Å². The fourth-order valence-corrected chi connectivity index (χ4v) is 4.71. The van der Waals surface area contributed by atoms with Crippen LogP contribution in [0.2, 0.25) is 0 Å². The summed E-state index contributed by atoms with van der Waals surface area (Å²) >= 11 is 0. The largest absolute Gasteiger partial charge is 0.466 e. The van der Waals surface area contributed by atoms with Crippen molar-refractivity contribution < 1.29 is 28.3 Å². The molecule has 1 aromatic heterocycles. The van der Waals surface area contributed by atoms with Crippen LogP contribution in [0, 0.1) is 11.7 Å². The van der Waals surface area contributed by atoms with Crippen LogP contribution >= 0.6 is 0 Å². The molecular formula is C26H32FN5O5. The highest BCUT2D eigenvalue weighted by atomic mass is 19.1. The molecular weight excluding hydrogens is 481 g/mol. The van der Waals surface area contributed by atoms with Gasteiger partial charge in [-0.05, 0) is 50.8 Å². The van der Waals surface area contributed by atoms with E-state index in [4.69, 9.17) is 4.74 Å². The molecule has 0 bridgehead atoms. The number of nitrogens with zero attached hydrogens (tertiary/aromatic N) is 4. The van der Waals surface area contributed by atoms with Crippen LogP contribution in [0.25, 0.3) is 0 Å². The Labute approximate surface area is 214 Å². The maximum Gasteiger partial charge on any atom is 0.309 e. The minimum absolute atomic E-state index is 0.0626. The first kappa shape index (κ1) is 26.3. The van der Waals surface area contributed by atoms with Crippen LogP contribution < -0.4 is 5.32 Å². The van der Waals surface area contributed by atoms with E-state index >= 15 is 0 Å². The Balaban J connectivity index is 1.35. The molecule has 198 valence electrons. The quantitative estimate of drug-likeness (QED) is 0.567. The number of likely N-dealkylation sites (tertiary alicyclic amines) is 1. The van der Waals surface area contributed by atoms with Gasteiger partial charge in [-0.3, -0.25) is 23.9 Å². The van der Waals surface area contributed by atoms with Crippen LogP contribution in [0.4, 0.5) is 4.39 Å². The first-order valence-electron chi connectivity index (χ1n) is 12.6. The van der Waals surface area contributed by atoms with Gasteiger partial charge in [0.1, 0.15) is 17.6 Å². The lowest BCUT2D eigenvalue weighted by atomic mass is 9.96. The fourth-order valence-electron chi connectivity index (χ4n) is 4.71.